The molecule has 0 radical (unpaired) electrons. The normalized spacial score (nSPS) is 22.0. The molecule has 0 amide bonds. The largest absolute Gasteiger partial charge is 0.506 e. The van der Waals surface area contributed by atoms with Crippen LogP contribution in [0.2, 0.25) is 0 Å². The molecular formula is C17H25BrN2O. The lowest BCUT2D eigenvalue weighted by Gasteiger charge is -2.34. The third-order valence-electron chi connectivity index (χ3n) is 4.89. The average Bonchev–Trinajstić information content (AvgIpc) is 2.99. The summed E-state index contributed by atoms with van der Waals surface area (Å²) in [7, 11) is 0. The van der Waals surface area contributed by atoms with Crippen LogP contribution in [0.1, 0.15) is 31.2 Å². The van der Waals surface area contributed by atoms with Crippen LogP contribution in [0.5, 0.6) is 5.75 Å². The number of para-hydroxylation sites is 1. The molecule has 0 aromatic heterocycles. The molecule has 116 valence electrons. The van der Waals surface area contributed by atoms with E-state index < -0.39 is 0 Å². The number of hydrogen-bond donors (Lipinski definition) is 1. The van der Waals surface area contributed by atoms with E-state index in [1.54, 1.807) is 0 Å². The summed E-state index contributed by atoms with van der Waals surface area (Å²) in [6.07, 6.45) is 5.37. The molecule has 1 N–H and O–H groups in total. The van der Waals surface area contributed by atoms with Gasteiger partial charge >= 0.3 is 0 Å². The van der Waals surface area contributed by atoms with Gasteiger partial charge < -0.3 is 10.0 Å². The monoisotopic (exact) mass is 352 g/mol. The van der Waals surface area contributed by atoms with Crippen LogP contribution in [-0.4, -0.2) is 47.6 Å². The Morgan fingerprint density at radius 3 is 2.48 bits per heavy atom. The number of halogens is 1. The van der Waals surface area contributed by atoms with Gasteiger partial charge in [0.25, 0.3) is 0 Å². The maximum Gasteiger partial charge on any atom is 0.134 e. The summed E-state index contributed by atoms with van der Waals surface area (Å²) >= 11 is 3.40. The number of rotatable bonds is 4. The molecule has 0 bridgehead atoms. The summed E-state index contributed by atoms with van der Waals surface area (Å²) in [4.78, 5) is 5.11. The lowest BCUT2D eigenvalue weighted by atomic mass is 9.96. The molecule has 0 aliphatic carbocycles. The van der Waals surface area contributed by atoms with Crippen LogP contribution in [0, 0.1) is 5.92 Å². The van der Waals surface area contributed by atoms with Gasteiger partial charge in [-0.2, -0.15) is 0 Å². The van der Waals surface area contributed by atoms with E-state index in [4.69, 9.17) is 0 Å². The molecule has 2 aliphatic rings. The predicted octanol–water partition coefficient (Wildman–Crippen LogP) is 3.46. The van der Waals surface area contributed by atoms with E-state index in [0.29, 0.717) is 5.75 Å². The molecule has 1 aromatic carbocycles. The fourth-order valence-electron chi connectivity index (χ4n) is 3.59. The van der Waals surface area contributed by atoms with Crippen molar-refractivity contribution in [3.05, 3.63) is 28.2 Å². The van der Waals surface area contributed by atoms with E-state index >= 15 is 0 Å². The molecule has 0 saturated carbocycles. The van der Waals surface area contributed by atoms with Crippen molar-refractivity contribution in [2.24, 2.45) is 5.92 Å². The SMILES string of the molecule is Oc1c(Br)cccc1CN1CCC(CN2CCCC2)CC1. The number of aromatic hydroxyl groups is 1. The fraction of sp³-hybridized carbons (Fsp3) is 0.647. The van der Waals surface area contributed by atoms with Crippen molar-refractivity contribution in [2.45, 2.75) is 32.2 Å². The molecular weight excluding hydrogens is 328 g/mol. The lowest BCUT2D eigenvalue weighted by Crippen LogP contribution is -2.37. The van der Waals surface area contributed by atoms with Gasteiger partial charge in [0.15, 0.2) is 0 Å². The van der Waals surface area contributed by atoms with Crippen LogP contribution in [0.25, 0.3) is 0 Å². The minimum absolute atomic E-state index is 0.400. The number of benzene rings is 1. The quantitative estimate of drug-likeness (QED) is 0.898. The highest BCUT2D eigenvalue weighted by atomic mass is 79.9. The van der Waals surface area contributed by atoms with Gasteiger partial charge in [-0.15, -0.1) is 0 Å². The molecule has 1 aromatic rings. The Morgan fingerprint density at radius 1 is 1.05 bits per heavy atom. The Kier molecular flexibility index (Phi) is 5.19. The Bertz CT molecular complexity index is 466. The Labute approximate surface area is 136 Å². The van der Waals surface area contributed by atoms with Gasteiger partial charge in [0.2, 0.25) is 0 Å². The third-order valence-corrected chi connectivity index (χ3v) is 5.53. The molecule has 3 nitrogen and oxygen atoms in total. The van der Waals surface area contributed by atoms with Gasteiger partial charge in [0.05, 0.1) is 4.47 Å². The number of likely N-dealkylation sites (tertiary alicyclic amines) is 2. The van der Waals surface area contributed by atoms with Crippen LogP contribution in [-0.2, 0) is 6.54 Å². The first-order valence-corrected chi connectivity index (χ1v) is 8.93. The zero-order valence-electron chi connectivity index (χ0n) is 12.6. The van der Waals surface area contributed by atoms with Gasteiger partial charge in [-0.05, 0) is 79.8 Å². The van der Waals surface area contributed by atoms with E-state index in [9.17, 15) is 5.11 Å². The maximum atomic E-state index is 10.1. The van der Waals surface area contributed by atoms with Gasteiger partial charge in [-0.3, -0.25) is 4.90 Å². The van der Waals surface area contributed by atoms with Crippen molar-refractivity contribution in [1.82, 2.24) is 9.80 Å². The Morgan fingerprint density at radius 2 is 1.76 bits per heavy atom. The smallest absolute Gasteiger partial charge is 0.134 e. The van der Waals surface area contributed by atoms with Gasteiger partial charge in [0, 0.05) is 18.7 Å². The number of phenols is 1. The highest BCUT2D eigenvalue weighted by Crippen LogP contribution is 2.29. The van der Waals surface area contributed by atoms with E-state index in [2.05, 4.69) is 25.7 Å². The highest BCUT2D eigenvalue weighted by Gasteiger charge is 2.23. The van der Waals surface area contributed by atoms with E-state index in [1.165, 1.54) is 45.3 Å². The molecule has 4 heteroatoms. The van der Waals surface area contributed by atoms with Crippen molar-refractivity contribution >= 4 is 15.9 Å². The first kappa shape index (κ1) is 15.3. The first-order chi connectivity index (χ1) is 10.2. The fourth-order valence-corrected chi connectivity index (χ4v) is 3.99. The number of phenolic OH excluding ortho intramolecular Hbond substituents is 1. The first-order valence-electron chi connectivity index (χ1n) is 8.13. The number of piperidine rings is 1. The van der Waals surface area contributed by atoms with Crippen LogP contribution in [0.15, 0.2) is 22.7 Å². The second-order valence-corrected chi connectivity index (χ2v) is 7.33. The van der Waals surface area contributed by atoms with Crippen LogP contribution in [0.4, 0.5) is 0 Å². The van der Waals surface area contributed by atoms with Gasteiger partial charge in [-0.25, -0.2) is 0 Å². The van der Waals surface area contributed by atoms with Crippen molar-refractivity contribution in [1.29, 1.82) is 0 Å². The third kappa shape index (κ3) is 3.99. The van der Waals surface area contributed by atoms with Crippen molar-refractivity contribution in [3.63, 3.8) is 0 Å². The standard InChI is InChI=1S/C17H25BrN2O/c18-16-5-3-4-15(17(16)21)13-20-10-6-14(7-11-20)12-19-8-1-2-9-19/h3-5,14,21H,1-2,6-13H2. The molecule has 3 rings (SSSR count). The van der Waals surface area contributed by atoms with Gasteiger partial charge in [0.1, 0.15) is 5.75 Å². The molecule has 0 unspecified atom stereocenters. The minimum atomic E-state index is 0.400. The van der Waals surface area contributed by atoms with Crippen molar-refractivity contribution in [3.8, 4) is 5.75 Å². The summed E-state index contributed by atoms with van der Waals surface area (Å²) in [6.45, 7) is 7.10. The van der Waals surface area contributed by atoms with Crippen molar-refractivity contribution < 1.29 is 5.11 Å². The molecule has 2 aliphatic heterocycles. The predicted molar refractivity (Wildman–Crippen MR) is 89.5 cm³/mol. The summed E-state index contributed by atoms with van der Waals surface area (Å²) in [5.41, 5.74) is 1.03. The second-order valence-electron chi connectivity index (χ2n) is 6.47. The summed E-state index contributed by atoms with van der Waals surface area (Å²) in [6, 6.07) is 5.91. The van der Waals surface area contributed by atoms with Crippen LogP contribution < -0.4 is 0 Å². The van der Waals surface area contributed by atoms with Crippen molar-refractivity contribution in [2.75, 3.05) is 32.7 Å². The molecule has 0 atom stereocenters. The summed E-state index contributed by atoms with van der Waals surface area (Å²) in [5.74, 6) is 1.27. The van der Waals surface area contributed by atoms with Crippen LogP contribution >= 0.6 is 15.9 Å². The Hall–Kier alpha value is -0.580. The second kappa shape index (κ2) is 7.12. The molecule has 2 fully saturated rings. The summed E-state index contributed by atoms with van der Waals surface area (Å²) < 4.78 is 0.795. The van der Waals surface area contributed by atoms with E-state index in [1.807, 2.05) is 18.2 Å². The van der Waals surface area contributed by atoms with E-state index in [-0.39, 0.29) is 0 Å². The number of nitrogens with zero attached hydrogens (tertiary/aromatic N) is 2. The zero-order chi connectivity index (χ0) is 14.7. The minimum Gasteiger partial charge on any atom is -0.506 e. The van der Waals surface area contributed by atoms with Crippen LogP contribution in [0.3, 0.4) is 0 Å². The molecule has 2 heterocycles. The summed E-state index contributed by atoms with van der Waals surface area (Å²) in [5, 5.41) is 10.1. The van der Waals surface area contributed by atoms with E-state index in [0.717, 1.165) is 35.6 Å². The maximum absolute atomic E-state index is 10.1. The lowest BCUT2D eigenvalue weighted by molar-refractivity contribution is 0.148. The topological polar surface area (TPSA) is 26.7 Å². The Balaban J connectivity index is 1.48. The molecule has 0 spiro atoms. The molecule has 2 saturated heterocycles. The van der Waals surface area contributed by atoms with Gasteiger partial charge in [-0.1, -0.05) is 12.1 Å². The number of hydrogen-bond acceptors (Lipinski definition) is 3. The highest BCUT2D eigenvalue weighted by molar-refractivity contribution is 9.10. The molecule has 21 heavy (non-hydrogen) atoms. The zero-order valence-corrected chi connectivity index (χ0v) is 14.2. The average molecular weight is 353 g/mol.